The highest BCUT2D eigenvalue weighted by atomic mass is 16.5. The quantitative estimate of drug-likeness (QED) is 0.889. The van der Waals surface area contributed by atoms with Crippen molar-refractivity contribution in [1.82, 2.24) is 4.90 Å². The third kappa shape index (κ3) is 2.85. The van der Waals surface area contributed by atoms with Gasteiger partial charge in [0.05, 0.1) is 13.7 Å². The Morgan fingerprint density at radius 1 is 1.33 bits per heavy atom. The predicted octanol–water partition coefficient (Wildman–Crippen LogP) is 2.46. The van der Waals surface area contributed by atoms with Crippen molar-refractivity contribution in [3.8, 4) is 5.75 Å². The van der Waals surface area contributed by atoms with E-state index in [1.807, 2.05) is 12.1 Å². The lowest BCUT2D eigenvalue weighted by Crippen LogP contribution is -2.39. The van der Waals surface area contributed by atoms with Gasteiger partial charge in [-0.25, -0.2) is 0 Å². The Bertz CT molecular complexity index is 381. The summed E-state index contributed by atoms with van der Waals surface area (Å²) < 4.78 is 5.46. The van der Waals surface area contributed by atoms with Crippen LogP contribution in [0.4, 0.5) is 0 Å². The van der Waals surface area contributed by atoms with E-state index in [9.17, 15) is 5.11 Å². The maximum absolute atomic E-state index is 9.22. The summed E-state index contributed by atoms with van der Waals surface area (Å²) in [7, 11) is 1.72. The van der Waals surface area contributed by atoms with Crippen LogP contribution in [0, 0.1) is 5.92 Å². The number of benzene rings is 1. The molecule has 0 aliphatic carbocycles. The molecule has 3 nitrogen and oxygen atoms in total. The third-order valence-electron chi connectivity index (χ3n) is 3.80. The van der Waals surface area contributed by atoms with E-state index >= 15 is 0 Å². The van der Waals surface area contributed by atoms with Crippen LogP contribution in [0.25, 0.3) is 0 Å². The molecule has 1 N–H and O–H groups in total. The highest BCUT2D eigenvalue weighted by Crippen LogP contribution is 2.37. The van der Waals surface area contributed by atoms with Crippen molar-refractivity contribution in [3.05, 3.63) is 29.8 Å². The number of aliphatic hydroxyl groups is 1. The minimum atomic E-state index is 0.221. The summed E-state index contributed by atoms with van der Waals surface area (Å²) in [5, 5.41) is 9.22. The summed E-state index contributed by atoms with van der Waals surface area (Å²) in [6, 6.07) is 8.61. The summed E-state index contributed by atoms with van der Waals surface area (Å²) in [4.78, 5) is 2.38. The summed E-state index contributed by atoms with van der Waals surface area (Å²) >= 11 is 0. The molecule has 0 bridgehead atoms. The number of para-hydroxylation sites is 1. The molecule has 1 aromatic rings. The Kier molecular flexibility index (Phi) is 4.61. The molecule has 0 aromatic heterocycles. The first-order valence-electron chi connectivity index (χ1n) is 6.74. The number of nitrogens with zero attached hydrogens (tertiary/aromatic N) is 1. The fourth-order valence-corrected chi connectivity index (χ4v) is 2.91. The Morgan fingerprint density at radius 2 is 2.11 bits per heavy atom. The summed E-state index contributed by atoms with van der Waals surface area (Å²) in [6.45, 7) is 4.30. The lowest BCUT2D eigenvalue weighted by atomic mass is 9.89. The molecule has 18 heavy (non-hydrogen) atoms. The number of piperidine rings is 1. The van der Waals surface area contributed by atoms with Crippen LogP contribution in [0.5, 0.6) is 5.75 Å². The monoisotopic (exact) mass is 249 g/mol. The standard InChI is InChI=1S/C15H23NO2/c1-12-7-8-14(16(11-12)9-10-17)13-5-3-4-6-15(13)18-2/h3-6,12,14,17H,7-11H2,1-2H3/t12-,14+/m0/s1. The van der Waals surface area contributed by atoms with E-state index in [-0.39, 0.29) is 6.61 Å². The zero-order chi connectivity index (χ0) is 13.0. The molecular formula is C15H23NO2. The number of methoxy groups -OCH3 is 1. The molecule has 0 saturated carbocycles. The van der Waals surface area contributed by atoms with E-state index in [1.54, 1.807) is 7.11 Å². The first-order valence-corrected chi connectivity index (χ1v) is 6.74. The Hall–Kier alpha value is -1.06. The van der Waals surface area contributed by atoms with E-state index in [2.05, 4.69) is 24.0 Å². The van der Waals surface area contributed by atoms with Gasteiger partial charge in [-0.2, -0.15) is 0 Å². The molecule has 3 heteroatoms. The first kappa shape index (κ1) is 13.4. The van der Waals surface area contributed by atoms with Crippen LogP contribution in [0.1, 0.15) is 31.4 Å². The van der Waals surface area contributed by atoms with Crippen LogP contribution in [0.2, 0.25) is 0 Å². The maximum Gasteiger partial charge on any atom is 0.123 e. The summed E-state index contributed by atoms with van der Waals surface area (Å²) in [5.41, 5.74) is 1.25. The number of rotatable bonds is 4. The van der Waals surface area contributed by atoms with Gasteiger partial charge in [0.25, 0.3) is 0 Å². The average molecular weight is 249 g/mol. The van der Waals surface area contributed by atoms with Crippen molar-refractivity contribution in [3.63, 3.8) is 0 Å². The van der Waals surface area contributed by atoms with E-state index in [0.29, 0.717) is 12.0 Å². The number of β-amino-alcohol motifs (C(OH)–C–C–N with tert-alkyl or cyclic N) is 1. The van der Waals surface area contributed by atoms with Crippen LogP contribution in [0.15, 0.2) is 24.3 Å². The lowest BCUT2D eigenvalue weighted by molar-refractivity contribution is 0.0889. The van der Waals surface area contributed by atoms with Crippen LogP contribution >= 0.6 is 0 Å². The molecular weight excluding hydrogens is 226 g/mol. The average Bonchev–Trinajstić information content (AvgIpc) is 2.39. The molecule has 0 amide bonds. The number of hydrogen-bond acceptors (Lipinski definition) is 3. The zero-order valence-electron chi connectivity index (χ0n) is 11.3. The normalized spacial score (nSPS) is 25.1. The van der Waals surface area contributed by atoms with Crippen LogP contribution in [0.3, 0.4) is 0 Å². The number of ether oxygens (including phenoxy) is 1. The van der Waals surface area contributed by atoms with Gasteiger partial charge in [0.2, 0.25) is 0 Å². The minimum Gasteiger partial charge on any atom is -0.496 e. The van der Waals surface area contributed by atoms with Crippen molar-refractivity contribution in [2.75, 3.05) is 26.8 Å². The van der Waals surface area contributed by atoms with Crippen molar-refractivity contribution in [2.45, 2.75) is 25.8 Å². The minimum absolute atomic E-state index is 0.221. The third-order valence-corrected chi connectivity index (χ3v) is 3.80. The fraction of sp³-hybridized carbons (Fsp3) is 0.600. The molecule has 2 rings (SSSR count). The second-order valence-electron chi connectivity index (χ2n) is 5.16. The molecule has 100 valence electrons. The van der Waals surface area contributed by atoms with Gasteiger partial charge in [0, 0.05) is 24.7 Å². The highest BCUT2D eigenvalue weighted by Gasteiger charge is 2.28. The van der Waals surface area contributed by atoms with Gasteiger partial charge in [-0.1, -0.05) is 25.1 Å². The zero-order valence-corrected chi connectivity index (χ0v) is 11.3. The van der Waals surface area contributed by atoms with Crippen LogP contribution in [-0.4, -0.2) is 36.8 Å². The van der Waals surface area contributed by atoms with E-state index < -0.39 is 0 Å². The predicted molar refractivity (Wildman–Crippen MR) is 72.8 cm³/mol. The Morgan fingerprint density at radius 3 is 2.83 bits per heavy atom. The van der Waals surface area contributed by atoms with Crippen molar-refractivity contribution >= 4 is 0 Å². The SMILES string of the molecule is COc1ccccc1[C@H]1CC[C@H](C)CN1CCO. The topological polar surface area (TPSA) is 32.7 Å². The Balaban J connectivity index is 2.23. The van der Waals surface area contributed by atoms with Crippen molar-refractivity contribution in [2.24, 2.45) is 5.92 Å². The lowest BCUT2D eigenvalue weighted by Gasteiger charge is -2.39. The first-order chi connectivity index (χ1) is 8.76. The molecule has 0 radical (unpaired) electrons. The van der Waals surface area contributed by atoms with Gasteiger partial charge >= 0.3 is 0 Å². The number of likely N-dealkylation sites (tertiary alicyclic amines) is 1. The molecule has 1 aromatic carbocycles. The van der Waals surface area contributed by atoms with Crippen molar-refractivity contribution < 1.29 is 9.84 Å². The van der Waals surface area contributed by atoms with Gasteiger partial charge < -0.3 is 9.84 Å². The highest BCUT2D eigenvalue weighted by molar-refractivity contribution is 5.36. The second kappa shape index (κ2) is 6.21. The molecule has 1 heterocycles. The van der Waals surface area contributed by atoms with Gasteiger partial charge in [0.15, 0.2) is 0 Å². The van der Waals surface area contributed by atoms with E-state index in [0.717, 1.165) is 25.3 Å². The molecule has 1 aliphatic heterocycles. The number of aliphatic hydroxyl groups excluding tert-OH is 1. The molecule has 0 unspecified atom stereocenters. The maximum atomic E-state index is 9.22. The van der Waals surface area contributed by atoms with Crippen LogP contribution in [-0.2, 0) is 0 Å². The summed E-state index contributed by atoms with van der Waals surface area (Å²) in [6.07, 6.45) is 2.38. The van der Waals surface area contributed by atoms with Gasteiger partial charge in [-0.05, 0) is 24.8 Å². The Labute approximate surface area is 109 Å². The molecule has 2 atom stereocenters. The second-order valence-corrected chi connectivity index (χ2v) is 5.16. The smallest absolute Gasteiger partial charge is 0.123 e. The van der Waals surface area contributed by atoms with Gasteiger partial charge in [-0.3, -0.25) is 4.90 Å². The van der Waals surface area contributed by atoms with Crippen molar-refractivity contribution in [1.29, 1.82) is 0 Å². The van der Waals surface area contributed by atoms with E-state index in [4.69, 9.17) is 4.74 Å². The van der Waals surface area contributed by atoms with Gasteiger partial charge in [-0.15, -0.1) is 0 Å². The van der Waals surface area contributed by atoms with E-state index in [1.165, 1.54) is 12.0 Å². The number of hydrogen-bond donors (Lipinski definition) is 1. The molecule has 0 spiro atoms. The van der Waals surface area contributed by atoms with Crippen LogP contribution < -0.4 is 4.74 Å². The molecule has 1 aliphatic rings. The largest absolute Gasteiger partial charge is 0.496 e. The molecule has 1 saturated heterocycles. The fourth-order valence-electron chi connectivity index (χ4n) is 2.91. The summed E-state index contributed by atoms with van der Waals surface area (Å²) in [5.74, 6) is 1.67. The van der Waals surface area contributed by atoms with Gasteiger partial charge in [0.1, 0.15) is 5.75 Å². The molecule has 1 fully saturated rings.